The molecule has 204 valence electrons. The van der Waals surface area contributed by atoms with Gasteiger partial charge in [0.05, 0.1) is 64.8 Å². The molecule has 0 radical (unpaired) electrons. The maximum atomic E-state index is 13.5. The van der Waals surface area contributed by atoms with Gasteiger partial charge in [0, 0.05) is 0 Å². The Kier molecular flexibility index (Phi) is 13.5. The second-order valence-electron chi connectivity index (χ2n) is 7.07. The molecule has 0 unspecified atom stereocenters. The molecule has 2 aromatic carbocycles. The van der Waals surface area contributed by atoms with Gasteiger partial charge in [-0.05, 0) is 12.1 Å². The van der Waals surface area contributed by atoms with Gasteiger partial charge in [-0.2, -0.15) is 8.78 Å². The molecule has 0 saturated carbocycles. The largest absolute Gasteiger partial charge is 0.460 e. The van der Waals surface area contributed by atoms with Gasteiger partial charge in [0.2, 0.25) is 34.8 Å². The lowest BCUT2D eigenvalue weighted by molar-refractivity contribution is -0.136. The monoisotopic (exact) mass is 536 g/mol. The number of hydrogen-bond donors (Lipinski definition) is 0. The number of carbonyl (C=O) groups excluding carboxylic acids is 2. The topological polar surface area (TPSA) is 89.5 Å². The maximum Gasteiger partial charge on any atom is 0.338 e. The van der Waals surface area contributed by atoms with E-state index in [1.165, 1.54) is 0 Å². The van der Waals surface area contributed by atoms with E-state index in [0.29, 0.717) is 18.8 Å². The summed E-state index contributed by atoms with van der Waals surface area (Å²) in [6.45, 7) is 1.47. The van der Waals surface area contributed by atoms with E-state index in [1.807, 2.05) is 0 Å². The molecule has 0 aliphatic heterocycles. The van der Waals surface area contributed by atoms with E-state index in [4.69, 9.17) is 23.7 Å². The predicted molar refractivity (Wildman–Crippen MR) is 116 cm³/mol. The van der Waals surface area contributed by atoms with Crippen LogP contribution < -0.4 is 4.74 Å². The van der Waals surface area contributed by atoms with E-state index < -0.39 is 53.2 Å². The predicted octanol–water partition coefficient (Wildman–Crippen LogP) is 3.60. The first-order valence-corrected chi connectivity index (χ1v) is 11.1. The highest BCUT2D eigenvalue weighted by atomic mass is 19.2. The summed E-state index contributed by atoms with van der Waals surface area (Å²) in [5, 5.41) is 0. The Morgan fingerprint density at radius 2 is 1.00 bits per heavy atom. The summed E-state index contributed by atoms with van der Waals surface area (Å²) in [7, 11) is 0. The lowest BCUT2D eigenvalue weighted by atomic mass is 10.2. The Balaban J connectivity index is 1.40. The number of ether oxygens (including phenoxy) is 6. The molecule has 0 aliphatic carbocycles. The number of hydrogen-bond acceptors (Lipinski definition) is 8. The Labute approximate surface area is 209 Å². The van der Waals surface area contributed by atoms with E-state index >= 15 is 0 Å². The van der Waals surface area contributed by atoms with Gasteiger partial charge in [-0.3, -0.25) is 4.79 Å². The minimum Gasteiger partial charge on any atom is -0.460 e. The van der Waals surface area contributed by atoms with Crippen molar-refractivity contribution in [1.82, 2.24) is 0 Å². The van der Waals surface area contributed by atoms with Crippen LogP contribution in [0.1, 0.15) is 16.8 Å². The van der Waals surface area contributed by atoms with Crippen LogP contribution in [-0.4, -0.2) is 71.4 Å². The Morgan fingerprint density at radius 1 is 0.568 bits per heavy atom. The minimum absolute atomic E-state index is 0.0701. The summed E-state index contributed by atoms with van der Waals surface area (Å²) in [6.07, 6.45) is -0.492. The third-order valence-corrected chi connectivity index (χ3v) is 4.42. The van der Waals surface area contributed by atoms with Crippen molar-refractivity contribution in [2.24, 2.45) is 0 Å². The first-order valence-electron chi connectivity index (χ1n) is 11.1. The van der Waals surface area contributed by atoms with Crippen LogP contribution in [-0.2, 0) is 28.5 Å². The van der Waals surface area contributed by atoms with Crippen LogP contribution in [0.25, 0.3) is 0 Å². The molecule has 0 bridgehead atoms. The molecule has 0 aromatic heterocycles. The Bertz CT molecular complexity index is 977. The van der Waals surface area contributed by atoms with E-state index in [9.17, 15) is 31.5 Å². The van der Waals surface area contributed by atoms with Crippen molar-refractivity contribution >= 4 is 11.9 Å². The van der Waals surface area contributed by atoms with Crippen LogP contribution in [0, 0.1) is 29.1 Å². The first-order chi connectivity index (χ1) is 17.8. The maximum absolute atomic E-state index is 13.5. The molecule has 0 amide bonds. The van der Waals surface area contributed by atoms with Crippen molar-refractivity contribution < 1.29 is 60.0 Å². The molecule has 2 aromatic rings. The fraction of sp³-hybridized carbons (Fsp3) is 0.417. The summed E-state index contributed by atoms with van der Waals surface area (Å²) in [5.41, 5.74) is 0.463. The average Bonchev–Trinajstić information content (AvgIpc) is 2.91. The lowest BCUT2D eigenvalue weighted by Crippen LogP contribution is -2.16. The van der Waals surface area contributed by atoms with Crippen LogP contribution in [0.4, 0.5) is 22.0 Å². The molecule has 0 N–H and O–H groups in total. The van der Waals surface area contributed by atoms with Gasteiger partial charge in [0.1, 0.15) is 6.61 Å². The third kappa shape index (κ3) is 10.4. The molecule has 0 heterocycles. The zero-order valence-electron chi connectivity index (χ0n) is 19.6. The van der Waals surface area contributed by atoms with Gasteiger partial charge in [0.15, 0.2) is 0 Å². The van der Waals surface area contributed by atoms with Gasteiger partial charge >= 0.3 is 11.9 Å². The smallest absolute Gasteiger partial charge is 0.338 e. The lowest BCUT2D eigenvalue weighted by Gasteiger charge is -2.09. The second kappa shape index (κ2) is 16.6. The quantitative estimate of drug-likeness (QED) is 0.0757. The number of benzene rings is 2. The third-order valence-electron chi connectivity index (χ3n) is 4.42. The van der Waals surface area contributed by atoms with Crippen LogP contribution >= 0.6 is 0 Å². The fourth-order valence-electron chi connectivity index (χ4n) is 2.61. The number of carbonyl (C=O) groups is 2. The molecule has 0 spiro atoms. The standard InChI is InChI=1S/C24H25F5O8/c25-18-19(26)21(28)23(22(29)20(18)27)37-17(30)6-7-32-8-9-33-10-11-34-12-13-35-14-15-36-24(31)16-4-2-1-3-5-16/h1-5H,6-15H2. The zero-order valence-corrected chi connectivity index (χ0v) is 19.6. The van der Waals surface area contributed by atoms with Crippen LogP contribution in [0.2, 0.25) is 0 Å². The van der Waals surface area contributed by atoms with Gasteiger partial charge in [-0.25, -0.2) is 18.0 Å². The SMILES string of the molecule is O=C(CCOCCOCCOCCOCCOC(=O)c1ccccc1)Oc1c(F)c(F)c(F)c(F)c1F. The molecule has 0 saturated heterocycles. The highest BCUT2D eigenvalue weighted by molar-refractivity contribution is 5.89. The molecule has 13 heteroatoms. The average molecular weight is 536 g/mol. The zero-order chi connectivity index (χ0) is 27.0. The van der Waals surface area contributed by atoms with E-state index in [2.05, 4.69) is 4.74 Å². The van der Waals surface area contributed by atoms with Crippen molar-refractivity contribution in [3.63, 3.8) is 0 Å². The Morgan fingerprint density at radius 3 is 1.51 bits per heavy atom. The van der Waals surface area contributed by atoms with Gasteiger partial charge in [0.25, 0.3) is 0 Å². The number of rotatable bonds is 17. The first kappa shape index (κ1) is 30.1. The summed E-state index contributed by atoms with van der Waals surface area (Å²) in [4.78, 5) is 23.3. The van der Waals surface area contributed by atoms with Gasteiger partial charge in [-0.15, -0.1) is 0 Å². The second-order valence-corrected chi connectivity index (χ2v) is 7.07. The van der Waals surface area contributed by atoms with E-state index in [1.54, 1.807) is 30.3 Å². The highest BCUT2D eigenvalue weighted by Crippen LogP contribution is 2.29. The van der Waals surface area contributed by atoms with E-state index in [0.717, 1.165) is 0 Å². The molecule has 37 heavy (non-hydrogen) atoms. The summed E-state index contributed by atoms with van der Waals surface area (Å²) < 4.78 is 96.3. The van der Waals surface area contributed by atoms with Crippen LogP contribution in [0.15, 0.2) is 30.3 Å². The molecular formula is C24H25F5O8. The van der Waals surface area contributed by atoms with Crippen molar-refractivity contribution in [2.75, 3.05) is 59.5 Å². The fourth-order valence-corrected chi connectivity index (χ4v) is 2.61. The van der Waals surface area contributed by atoms with Crippen molar-refractivity contribution in [3.8, 4) is 5.75 Å². The number of esters is 2. The van der Waals surface area contributed by atoms with Crippen LogP contribution in [0.5, 0.6) is 5.75 Å². The Hall–Kier alpha value is -3.13. The molecule has 0 aliphatic rings. The number of halogens is 5. The van der Waals surface area contributed by atoms with Crippen molar-refractivity contribution in [2.45, 2.75) is 6.42 Å². The molecular weight excluding hydrogens is 511 g/mol. The normalized spacial score (nSPS) is 10.9. The summed E-state index contributed by atoms with van der Waals surface area (Å²) >= 11 is 0. The highest BCUT2D eigenvalue weighted by Gasteiger charge is 2.28. The molecule has 2 rings (SSSR count). The van der Waals surface area contributed by atoms with Crippen LogP contribution in [0.3, 0.4) is 0 Å². The summed E-state index contributed by atoms with van der Waals surface area (Å²) in [5.74, 6) is -14.6. The van der Waals surface area contributed by atoms with Gasteiger partial charge < -0.3 is 28.4 Å². The van der Waals surface area contributed by atoms with Crippen molar-refractivity contribution in [1.29, 1.82) is 0 Å². The molecule has 0 fully saturated rings. The van der Waals surface area contributed by atoms with E-state index in [-0.39, 0.29) is 46.2 Å². The van der Waals surface area contributed by atoms with Crippen molar-refractivity contribution in [3.05, 3.63) is 65.0 Å². The van der Waals surface area contributed by atoms with Gasteiger partial charge in [-0.1, -0.05) is 18.2 Å². The molecule has 0 atom stereocenters. The summed E-state index contributed by atoms with van der Waals surface area (Å²) in [6, 6.07) is 8.58. The minimum atomic E-state index is -2.35. The molecule has 8 nitrogen and oxygen atoms in total.